The molecule has 3 heteroatoms. The summed E-state index contributed by atoms with van der Waals surface area (Å²) >= 11 is 0. The lowest BCUT2D eigenvalue weighted by molar-refractivity contribution is 0.116. The Bertz CT molecular complexity index is 654. The first-order valence-corrected chi connectivity index (χ1v) is 10.2. The van der Waals surface area contributed by atoms with E-state index in [4.69, 9.17) is 0 Å². The van der Waals surface area contributed by atoms with Gasteiger partial charge in [0.25, 0.3) is 0 Å². The molecule has 3 unspecified atom stereocenters. The molecule has 148 valence electrons. The molecule has 1 aromatic heterocycles. The summed E-state index contributed by atoms with van der Waals surface area (Å²) in [6.45, 7) is 9.06. The lowest BCUT2D eigenvalue weighted by Gasteiger charge is -2.36. The Labute approximate surface area is 163 Å². The molecule has 1 N–H and O–H groups in total. The fourth-order valence-electron chi connectivity index (χ4n) is 4.08. The SMILES string of the molecule is CC(C)CCC(c1ccc(F)cc1)C(CO)C(Cc1cccnc1)C(C)C. The molecule has 2 rings (SSSR count). The van der Waals surface area contributed by atoms with Crippen molar-refractivity contribution in [3.05, 3.63) is 65.7 Å². The molecule has 0 bridgehead atoms. The zero-order valence-corrected chi connectivity index (χ0v) is 17.1. The van der Waals surface area contributed by atoms with Crippen LogP contribution in [0.25, 0.3) is 0 Å². The van der Waals surface area contributed by atoms with Gasteiger partial charge in [-0.05, 0) is 71.8 Å². The van der Waals surface area contributed by atoms with Crippen LogP contribution >= 0.6 is 0 Å². The van der Waals surface area contributed by atoms with Crippen molar-refractivity contribution in [3.8, 4) is 0 Å². The standard InChI is InChI=1S/C24H34FNO/c1-17(2)7-12-22(20-8-10-21(25)11-9-20)24(16-27)23(18(3)4)14-19-6-5-13-26-15-19/h5-6,8-11,13,15,17-18,22-24,27H,7,12,14,16H2,1-4H3. The Morgan fingerprint density at radius 3 is 2.19 bits per heavy atom. The topological polar surface area (TPSA) is 33.1 Å². The molecule has 0 aliphatic carbocycles. The van der Waals surface area contributed by atoms with Gasteiger partial charge in [0.1, 0.15) is 5.82 Å². The van der Waals surface area contributed by atoms with E-state index in [1.165, 1.54) is 17.7 Å². The van der Waals surface area contributed by atoms with Crippen LogP contribution < -0.4 is 0 Å². The van der Waals surface area contributed by atoms with E-state index in [1.54, 1.807) is 6.20 Å². The van der Waals surface area contributed by atoms with Crippen LogP contribution in [0.4, 0.5) is 4.39 Å². The summed E-state index contributed by atoms with van der Waals surface area (Å²) in [7, 11) is 0. The van der Waals surface area contributed by atoms with Crippen LogP contribution in [-0.2, 0) is 6.42 Å². The molecule has 0 fully saturated rings. The number of benzene rings is 1. The van der Waals surface area contributed by atoms with Crippen LogP contribution in [0.3, 0.4) is 0 Å². The summed E-state index contributed by atoms with van der Waals surface area (Å²) in [4.78, 5) is 4.25. The van der Waals surface area contributed by atoms with Crippen LogP contribution in [0.1, 0.15) is 57.6 Å². The fraction of sp³-hybridized carbons (Fsp3) is 0.542. The Morgan fingerprint density at radius 1 is 0.963 bits per heavy atom. The predicted octanol–water partition coefficient (Wildman–Crippen LogP) is 5.86. The second-order valence-electron chi connectivity index (χ2n) is 8.45. The fourth-order valence-corrected chi connectivity index (χ4v) is 4.08. The smallest absolute Gasteiger partial charge is 0.123 e. The highest BCUT2D eigenvalue weighted by Gasteiger charge is 2.32. The van der Waals surface area contributed by atoms with E-state index >= 15 is 0 Å². The number of halogens is 1. The Kier molecular flexibility index (Phi) is 8.43. The van der Waals surface area contributed by atoms with Crippen LogP contribution in [-0.4, -0.2) is 16.7 Å². The molecular weight excluding hydrogens is 337 g/mol. The predicted molar refractivity (Wildman–Crippen MR) is 110 cm³/mol. The first kappa shape index (κ1) is 21.6. The lowest BCUT2D eigenvalue weighted by Crippen LogP contribution is -2.31. The number of hydrogen-bond acceptors (Lipinski definition) is 2. The van der Waals surface area contributed by atoms with E-state index in [2.05, 4.69) is 38.7 Å². The van der Waals surface area contributed by atoms with E-state index in [0.717, 1.165) is 24.8 Å². The number of pyridine rings is 1. The summed E-state index contributed by atoms with van der Waals surface area (Å²) in [5.74, 6) is 1.52. The molecule has 0 radical (unpaired) electrons. The number of nitrogens with zero attached hydrogens (tertiary/aromatic N) is 1. The molecule has 27 heavy (non-hydrogen) atoms. The van der Waals surface area contributed by atoms with Crippen molar-refractivity contribution in [1.29, 1.82) is 0 Å². The minimum Gasteiger partial charge on any atom is -0.396 e. The summed E-state index contributed by atoms with van der Waals surface area (Å²) in [5, 5.41) is 10.4. The van der Waals surface area contributed by atoms with Gasteiger partial charge >= 0.3 is 0 Å². The number of hydrogen-bond donors (Lipinski definition) is 1. The molecule has 0 spiro atoms. The molecule has 0 aliphatic heterocycles. The molecule has 1 heterocycles. The second-order valence-corrected chi connectivity index (χ2v) is 8.45. The van der Waals surface area contributed by atoms with Crippen LogP contribution in [0, 0.1) is 29.5 Å². The van der Waals surface area contributed by atoms with E-state index in [0.29, 0.717) is 17.8 Å². The highest BCUT2D eigenvalue weighted by molar-refractivity contribution is 5.22. The Morgan fingerprint density at radius 2 is 1.67 bits per heavy atom. The molecule has 0 amide bonds. The minimum absolute atomic E-state index is 0.134. The molecule has 0 aliphatic rings. The molecule has 2 nitrogen and oxygen atoms in total. The number of aliphatic hydroxyl groups is 1. The highest BCUT2D eigenvalue weighted by Crippen LogP contribution is 2.39. The summed E-state index contributed by atoms with van der Waals surface area (Å²) in [6.07, 6.45) is 6.71. The highest BCUT2D eigenvalue weighted by atomic mass is 19.1. The Balaban J connectivity index is 2.32. The lowest BCUT2D eigenvalue weighted by atomic mass is 9.70. The maximum Gasteiger partial charge on any atom is 0.123 e. The van der Waals surface area contributed by atoms with Crippen molar-refractivity contribution in [2.24, 2.45) is 23.7 Å². The third kappa shape index (κ3) is 6.42. The van der Waals surface area contributed by atoms with Crippen molar-refractivity contribution in [3.63, 3.8) is 0 Å². The zero-order chi connectivity index (χ0) is 19.8. The maximum atomic E-state index is 13.5. The molecule has 0 saturated carbocycles. The van der Waals surface area contributed by atoms with Crippen LogP contribution in [0.15, 0.2) is 48.8 Å². The van der Waals surface area contributed by atoms with Gasteiger partial charge in [-0.2, -0.15) is 0 Å². The van der Waals surface area contributed by atoms with Gasteiger partial charge < -0.3 is 5.11 Å². The molecule has 0 saturated heterocycles. The molecule has 1 aromatic carbocycles. The molecule has 2 aromatic rings. The number of rotatable bonds is 10. The van der Waals surface area contributed by atoms with Crippen molar-refractivity contribution in [2.75, 3.05) is 6.61 Å². The summed E-state index contributed by atoms with van der Waals surface area (Å²) < 4.78 is 13.5. The van der Waals surface area contributed by atoms with Gasteiger partial charge in [0.2, 0.25) is 0 Å². The maximum absolute atomic E-state index is 13.5. The van der Waals surface area contributed by atoms with Gasteiger partial charge in [0, 0.05) is 19.0 Å². The molecule has 3 atom stereocenters. The van der Waals surface area contributed by atoms with E-state index in [1.807, 2.05) is 24.4 Å². The summed E-state index contributed by atoms with van der Waals surface area (Å²) in [5.41, 5.74) is 2.34. The van der Waals surface area contributed by atoms with Crippen molar-refractivity contribution < 1.29 is 9.50 Å². The normalized spacial score (nSPS) is 15.1. The molecular formula is C24H34FNO. The Hall–Kier alpha value is -1.74. The van der Waals surface area contributed by atoms with Crippen molar-refractivity contribution in [1.82, 2.24) is 4.98 Å². The monoisotopic (exact) mass is 371 g/mol. The van der Waals surface area contributed by atoms with Gasteiger partial charge in [-0.3, -0.25) is 4.98 Å². The van der Waals surface area contributed by atoms with Crippen molar-refractivity contribution >= 4 is 0 Å². The van der Waals surface area contributed by atoms with Gasteiger partial charge in [-0.1, -0.05) is 52.3 Å². The first-order valence-electron chi connectivity index (χ1n) is 10.2. The van der Waals surface area contributed by atoms with E-state index in [9.17, 15) is 9.50 Å². The van der Waals surface area contributed by atoms with Crippen LogP contribution in [0.5, 0.6) is 0 Å². The third-order valence-corrected chi connectivity index (χ3v) is 5.68. The number of aromatic nitrogens is 1. The van der Waals surface area contributed by atoms with Crippen molar-refractivity contribution in [2.45, 2.75) is 52.9 Å². The van der Waals surface area contributed by atoms with Gasteiger partial charge in [0.05, 0.1) is 0 Å². The first-order chi connectivity index (χ1) is 12.9. The second kappa shape index (κ2) is 10.6. The summed E-state index contributed by atoms with van der Waals surface area (Å²) in [6, 6.07) is 10.9. The average molecular weight is 372 g/mol. The van der Waals surface area contributed by atoms with Crippen LogP contribution in [0.2, 0.25) is 0 Å². The minimum atomic E-state index is -0.210. The zero-order valence-electron chi connectivity index (χ0n) is 17.1. The largest absolute Gasteiger partial charge is 0.396 e. The quantitative estimate of drug-likeness (QED) is 0.567. The van der Waals surface area contributed by atoms with Gasteiger partial charge in [-0.15, -0.1) is 0 Å². The van der Waals surface area contributed by atoms with E-state index in [-0.39, 0.29) is 24.3 Å². The number of aliphatic hydroxyl groups excluding tert-OH is 1. The van der Waals surface area contributed by atoms with E-state index < -0.39 is 0 Å². The average Bonchev–Trinajstić information content (AvgIpc) is 2.65. The third-order valence-electron chi connectivity index (χ3n) is 5.68. The van der Waals surface area contributed by atoms with Gasteiger partial charge in [0.15, 0.2) is 0 Å². The van der Waals surface area contributed by atoms with Gasteiger partial charge in [-0.25, -0.2) is 4.39 Å².